The Labute approximate surface area is 44.4 Å². The van der Waals surface area contributed by atoms with Crippen LogP contribution >= 0.6 is 12.6 Å². The average Bonchev–Trinajstić information content (AvgIpc) is 1.61. The van der Waals surface area contributed by atoms with Gasteiger partial charge in [-0.15, -0.1) is 0 Å². The topological polar surface area (TPSA) is 0 Å². The van der Waals surface area contributed by atoms with Crippen LogP contribution in [0.25, 0.3) is 0 Å². The molecule has 0 saturated carbocycles. The van der Waals surface area contributed by atoms with Crippen LogP contribution in [0.2, 0.25) is 0 Å². The van der Waals surface area contributed by atoms with Crippen molar-refractivity contribution in [1.29, 1.82) is 0 Å². The third kappa shape index (κ3) is 3.78. The number of unbranched alkanes of at least 4 members (excludes halogenated alkanes) is 1. The molecule has 0 fully saturated rings. The van der Waals surface area contributed by atoms with Crippen molar-refractivity contribution in [2.24, 2.45) is 0 Å². The Bertz CT molecular complexity index is 65.7. The Kier molecular flexibility index (Phi) is 4.60. The predicted molar refractivity (Wildman–Crippen MR) is 30.0 cm³/mol. The molecule has 0 N–H and O–H groups in total. The van der Waals surface area contributed by atoms with Crippen LogP contribution in [-0.4, -0.2) is 0 Å². The second-order valence-corrected chi connectivity index (χ2v) is 1.09. The first-order valence-electron chi connectivity index (χ1n) is 1.81. The summed E-state index contributed by atoms with van der Waals surface area (Å²) >= 11 is 4.33. The van der Waals surface area contributed by atoms with E-state index in [1.807, 2.05) is 0 Å². The fourth-order valence-electron chi connectivity index (χ4n) is 0.139. The second kappa shape index (κ2) is 4.78. The monoisotopic (exact) mass is 98.0 g/mol. The standard InChI is InChI=1S/C5H6S/c1-2-3-4-5-6/h1-3H2. The molecule has 0 unspecified atom stereocenters. The highest BCUT2D eigenvalue weighted by Gasteiger charge is 1.64. The van der Waals surface area contributed by atoms with Crippen LogP contribution in [0.15, 0.2) is 0 Å². The van der Waals surface area contributed by atoms with Crippen LogP contribution in [-0.2, 0) is 0 Å². The molecular weight excluding hydrogens is 92.1 g/mol. The summed E-state index contributed by atoms with van der Waals surface area (Å²) in [5, 5.41) is 2.36. The molecule has 0 aromatic rings. The summed E-state index contributed by atoms with van der Waals surface area (Å²) in [7, 11) is 0. The van der Waals surface area contributed by atoms with Gasteiger partial charge in [-0.1, -0.05) is 12.8 Å². The third-order valence-electron chi connectivity index (χ3n) is 0.374. The Morgan fingerprint density at radius 3 is 2.50 bits per heavy atom. The first-order chi connectivity index (χ1) is 2.91. The lowest BCUT2D eigenvalue weighted by atomic mass is 10.4. The van der Waals surface area contributed by atoms with Gasteiger partial charge < -0.3 is 0 Å². The summed E-state index contributed by atoms with van der Waals surface area (Å²) in [4.78, 5) is 0. The SMILES string of the molecule is [CH2]CCC#C[S]. The maximum atomic E-state index is 4.33. The van der Waals surface area contributed by atoms with Gasteiger partial charge in [-0.2, -0.15) is 0 Å². The Balaban J connectivity index is 2.79. The lowest BCUT2D eigenvalue weighted by Gasteiger charge is -1.70. The molecule has 0 aromatic carbocycles. The molecular formula is C5H6S. The third-order valence-corrected chi connectivity index (χ3v) is 0.518. The minimum absolute atomic E-state index is 0.837. The van der Waals surface area contributed by atoms with Gasteiger partial charge >= 0.3 is 0 Å². The summed E-state index contributed by atoms with van der Waals surface area (Å²) in [5.74, 6) is 2.70. The zero-order valence-corrected chi connectivity index (χ0v) is 4.35. The molecule has 0 aliphatic rings. The highest BCUT2D eigenvalue weighted by molar-refractivity contribution is 7.85. The van der Waals surface area contributed by atoms with Crippen molar-refractivity contribution < 1.29 is 0 Å². The van der Waals surface area contributed by atoms with E-state index in [-0.39, 0.29) is 0 Å². The smallest absolute Gasteiger partial charge is 0.0101 e. The molecule has 6 heavy (non-hydrogen) atoms. The minimum atomic E-state index is 0.837. The Morgan fingerprint density at radius 2 is 2.33 bits per heavy atom. The molecule has 0 nitrogen and oxygen atoms in total. The molecule has 32 valence electrons. The van der Waals surface area contributed by atoms with E-state index in [2.05, 4.69) is 30.7 Å². The molecule has 0 rings (SSSR count). The molecule has 0 atom stereocenters. The fourth-order valence-corrected chi connectivity index (χ4v) is 0.241. The zero-order valence-electron chi connectivity index (χ0n) is 3.53. The van der Waals surface area contributed by atoms with Crippen LogP contribution in [0.5, 0.6) is 0 Å². The summed E-state index contributed by atoms with van der Waals surface area (Å²) in [6.07, 6.45) is 1.70. The maximum absolute atomic E-state index is 4.33. The van der Waals surface area contributed by atoms with Crippen LogP contribution in [0.1, 0.15) is 12.8 Å². The summed E-state index contributed by atoms with van der Waals surface area (Å²) in [6.45, 7) is 3.57. The largest absolute Gasteiger partial charge is 0.0865 e. The van der Waals surface area contributed by atoms with Crippen LogP contribution < -0.4 is 0 Å². The van der Waals surface area contributed by atoms with E-state index in [0.717, 1.165) is 12.8 Å². The van der Waals surface area contributed by atoms with Crippen LogP contribution in [0, 0.1) is 18.1 Å². The number of hydrogen-bond acceptors (Lipinski definition) is 0. The minimum Gasteiger partial charge on any atom is -0.0865 e. The van der Waals surface area contributed by atoms with E-state index in [0.29, 0.717) is 0 Å². The summed E-state index contributed by atoms with van der Waals surface area (Å²) in [5.41, 5.74) is 0. The molecule has 0 aliphatic heterocycles. The summed E-state index contributed by atoms with van der Waals surface area (Å²) < 4.78 is 0. The van der Waals surface area contributed by atoms with Gasteiger partial charge in [-0.05, 0) is 19.0 Å². The van der Waals surface area contributed by atoms with Crippen molar-refractivity contribution in [2.75, 3.05) is 0 Å². The van der Waals surface area contributed by atoms with E-state index >= 15 is 0 Å². The van der Waals surface area contributed by atoms with Crippen molar-refractivity contribution in [1.82, 2.24) is 0 Å². The van der Waals surface area contributed by atoms with Gasteiger partial charge in [-0.3, -0.25) is 0 Å². The molecule has 0 aliphatic carbocycles. The van der Waals surface area contributed by atoms with Crippen LogP contribution in [0.3, 0.4) is 0 Å². The molecule has 0 heterocycles. The Hall–Kier alpha value is -0.220. The highest BCUT2D eigenvalue weighted by Crippen LogP contribution is 1.79. The van der Waals surface area contributed by atoms with Crippen molar-refractivity contribution in [3.8, 4) is 11.2 Å². The molecule has 0 spiro atoms. The van der Waals surface area contributed by atoms with Gasteiger partial charge in [0.1, 0.15) is 0 Å². The molecule has 1 heteroatoms. The van der Waals surface area contributed by atoms with Gasteiger partial charge in [0.25, 0.3) is 0 Å². The van der Waals surface area contributed by atoms with E-state index in [4.69, 9.17) is 0 Å². The number of hydrogen-bond donors (Lipinski definition) is 0. The molecule has 0 amide bonds. The maximum Gasteiger partial charge on any atom is 0.0101 e. The molecule has 2 radical (unpaired) electrons. The quantitative estimate of drug-likeness (QED) is 0.438. The van der Waals surface area contributed by atoms with Crippen molar-refractivity contribution >= 4 is 12.6 Å². The van der Waals surface area contributed by atoms with E-state index in [1.165, 1.54) is 0 Å². The van der Waals surface area contributed by atoms with Gasteiger partial charge in [0.2, 0.25) is 0 Å². The van der Waals surface area contributed by atoms with E-state index in [1.54, 1.807) is 0 Å². The van der Waals surface area contributed by atoms with Gasteiger partial charge in [0.05, 0.1) is 0 Å². The lowest BCUT2D eigenvalue weighted by Crippen LogP contribution is -1.56. The average molecular weight is 98.2 g/mol. The van der Waals surface area contributed by atoms with E-state index < -0.39 is 0 Å². The first-order valence-corrected chi connectivity index (χ1v) is 2.22. The van der Waals surface area contributed by atoms with E-state index in [9.17, 15) is 0 Å². The molecule has 0 aromatic heterocycles. The predicted octanol–water partition coefficient (Wildman–Crippen LogP) is 1.76. The van der Waals surface area contributed by atoms with Crippen molar-refractivity contribution in [3.63, 3.8) is 0 Å². The first kappa shape index (κ1) is 5.78. The van der Waals surface area contributed by atoms with Crippen molar-refractivity contribution in [2.45, 2.75) is 12.8 Å². The highest BCUT2D eigenvalue weighted by atomic mass is 32.1. The fraction of sp³-hybridized carbons (Fsp3) is 0.400. The zero-order chi connectivity index (χ0) is 4.83. The van der Waals surface area contributed by atoms with Gasteiger partial charge in [0.15, 0.2) is 0 Å². The van der Waals surface area contributed by atoms with Crippen LogP contribution in [0.4, 0.5) is 0 Å². The second-order valence-electron chi connectivity index (χ2n) is 0.882. The Morgan fingerprint density at radius 1 is 1.67 bits per heavy atom. The molecule has 0 saturated heterocycles. The summed E-state index contributed by atoms with van der Waals surface area (Å²) in [6, 6.07) is 0. The molecule has 0 bridgehead atoms. The van der Waals surface area contributed by atoms with Gasteiger partial charge in [-0.25, -0.2) is 0 Å². The lowest BCUT2D eigenvalue weighted by molar-refractivity contribution is 1.08. The van der Waals surface area contributed by atoms with Gasteiger partial charge in [0, 0.05) is 11.7 Å². The number of rotatable bonds is 1. The normalized spacial score (nSPS) is 6.17. The van der Waals surface area contributed by atoms with Crippen molar-refractivity contribution in [3.05, 3.63) is 6.92 Å².